The van der Waals surface area contributed by atoms with Crippen molar-refractivity contribution in [1.29, 1.82) is 0 Å². The lowest BCUT2D eigenvalue weighted by molar-refractivity contribution is 0.0986. The smallest absolute Gasteiger partial charge is 0.294 e. The molecule has 0 saturated heterocycles. The maximum atomic E-state index is 12.2. The first-order valence-electron chi connectivity index (χ1n) is 7.33. The van der Waals surface area contributed by atoms with Crippen LogP contribution in [0, 0.1) is 6.92 Å². The standard InChI is InChI=1S/C18H15N3O3/c1-12-10-16(24-21-12)18(23)20-15-9-5-8-14(11-15)19-17(22)13-6-3-2-4-7-13/h2-11H,1H3,(H,19,22)(H,20,23). The van der Waals surface area contributed by atoms with E-state index in [1.807, 2.05) is 6.07 Å². The molecule has 6 nitrogen and oxygen atoms in total. The van der Waals surface area contributed by atoms with Gasteiger partial charge in [-0.25, -0.2) is 0 Å². The Morgan fingerprint density at radius 2 is 1.54 bits per heavy atom. The van der Waals surface area contributed by atoms with Gasteiger partial charge in [-0.2, -0.15) is 0 Å². The maximum absolute atomic E-state index is 12.2. The minimum absolute atomic E-state index is 0.131. The molecule has 1 aromatic heterocycles. The molecule has 120 valence electrons. The largest absolute Gasteiger partial charge is 0.351 e. The molecule has 0 aliphatic carbocycles. The van der Waals surface area contributed by atoms with E-state index in [1.54, 1.807) is 61.5 Å². The first-order valence-corrected chi connectivity index (χ1v) is 7.33. The fourth-order valence-electron chi connectivity index (χ4n) is 2.13. The second kappa shape index (κ2) is 6.78. The molecule has 6 heteroatoms. The minimum atomic E-state index is -0.401. The Morgan fingerprint density at radius 3 is 2.17 bits per heavy atom. The van der Waals surface area contributed by atoms with Crippen molar-refractivity contribution in [2.24, 2.45) is 0 Å². The normalized spacial score (nSPS) is 10.2. The summed E-state index contributed by atoms with van der Waals surface area (Å²) in [5.41, 5.74) is 2.31. The van der Waals surface area contributed by atoms with Crippen LogP contribution in [0.25, 0.3) is 0 Å². The number of nitrogens with one attached hydrogen (secondary N) is 2. The first-order chi connectivity index (χ1) is 11.6. The van der Waals surface area contributed by atoms with E-state index in [0.29, 0.717) is 22.6 Å². The van der Waals surface area contributed by atoms with Gasteiger partial charge in [-0.05, 0) is 37.3 Å². The van der Waals surface area contributed by atoms with Crippen molar-refractivity contribution in [3.63, 3.8) is 0 Å². The van der Waals surface area contributed by atoms with E-state index in [2.05, 4.69) is 15.8 Å². The molecule has 1 heterocycles. The highest BCUT2D eigenvalue weighted by Gasteiger charge is 2.12. The Balaban J connectivity index is 1.70. The lowest BCUT2D eigenvalue weighted by atomic mass is 10.2. The van der Waals surface area contributed by atoms with Crippen LogP contribution in [0.15, 0.2) is 65.2 Å². The molecule has 2 amide bonds. The molecule has 2 N–H and O–H groups in total. The zero-order chi connectivity index (χ0) is 16.9. The van der Waals surface area contributed by atoms with E-state index < -0.39 is 5.91 Å². The minimum Gasteiger partial charge on any atom is -0.351 e. The molecular weight excluding hydrogens is 306 g/mol. The van der Waals surface area contributed by atoms with Crippen LogP contribution >= 0.6 is 0 Å². The third-order valence-electron chi connectivity index (χ3n) is 3.27. The fourth-order valence-corrected chi connectivity index (χ4v) is 2.13. The number of rotatable bonds is 4. The molecular formula is C18H15N3O3. The highest BCUT2D eigenvalue weighted by Crippen LogP contribution is 2.17. The van der Waals surface area contributed by atoms with Gasteiger partial charge in [0.2, 0.25) is 5.76 Å². The summed E-state index contributed by atoms with van der Waals surface area (Å²) in [6.07, 6.45) is 0. The molecule has 0 fully saturated rings. The van der Waals surface area contributed by atoms with Crippen LogP contribution in [-0.4, -0.2) is 17.0 Å². The number of aryl methyl sites for hydroxylation is 1. The number of hydrogen-bond donors (Lipinski definition) is 2. The summed E-state index contributed by atoms with van der Waals surface area (Å²) in [5.74, 6) is -0.488. The predicted octanol–water partition coefficient (Wildman–Crippen LogP) is 3.49. The van der Waals surface area contributed by atoms with Gasteiger partial charge in [0, 0.05) is 23.0 Å². The van der Waals surface area contributed by atoms with Crippen LogP contribution < -0.4 is 10.6 Å². The van der Waals surface area contributed by atoms with Gasteiger partial charge in [0.1, 0.15) is 0 Å². The molecule has 0 bridgehead atoms. The van der Waals surface area contributed by atoms with Gasteiger partial charge in [0.15, 0.2) is 0 Å². The first kappa shape index (κ1) is 15.5. The van der Waals surface area contributed by atoms with Crippen molar-refractivity contribution in [1.82, 2.24) is 5.16 Å². The molecule has 0 aliphatic heterocycles. The lowest BCUT2D eigenvalue weighted by Gasteiger charge is -2.08. The number of aromatic nitrogens is 1. The Kier molecular flexibility index (Phi) is 4.38. The van der Waals surface area contributed by atoms with Crippen LogP contribution in [0.1, 0.15) is 26.6 Å². The van der Waals surface area contributed by atoms with Crippen molar-refractivity contribution in [3.05, 3.63) is 77.7 Å². The molecule has 0 radical (unpaired) electrons. The lowest BCUT2D eigenvalue weighted by Crippen LogP contribution is -2.13. The molecule has 3 rings (SSSR count). The van der Waals surface area contributed by atoms with Gasteiger partial charge in [0.25, 0.3) is 11.8 Å². The monoisotopic (exact) mass is 321 g/mol. The maximum Gasteiger partial charge on any atom is 0.294 e. The number of nitrogens with zero attached hydrogens (tertiary/aromatic N) is 1. The number of amides is 2. The van der Waals surface area contributed by atoms with E-state index in [-0.39, 0.29) is 11.7 Å². The molecule has 0 unspecified atom stereocenters. The highest BCUT2D eigenvalue weighted by molar-refractivity contribution is 6.05. The average molecular weight is 321 g/mol. The Hall–Kier alpha value is -3.41. The predicted molar refractivity (Wildman–Crippen MR) is 90.0 cm³/mol. The van der Waals surface area contributed by atoms with Crippen molar-refractivity contribution >= 4 is 23.2 Å². The Morgan fingerprint density at radius 1 is 0.875 bits per heavy atom. The quantitative estimate of drug-likeness (QED) is 0.770. The Bertz CT molecular complexity index is 872. The molecule has 3 aromatic rings. The summed E-state index contributed by atoms with van der Waals surface area (Å²) in [6, 6.07) is 17.3. The number of anilines is 2. The summed E-state index contributed by atoms with van der Waals surface area (Å²) in [5, 5.41) is 9.17. The molecule has 0 spiro atoms. The van der Waals surface area contributed by atoms with Crippen molar-refractivity contribution in [2.75, 3.05) is 10.6 Å². The van der Waals surface area contributed by atoms with Gasteiger partial charge in [-0.1, -0.05) is 29.4 Å². The number of carbonyl (C=O) groups is 2. The van der Waals surface area contributed by atoms with Crippen molar-refractivity contribution < 1.29 is 14.1 Å². The summed E-state index contributed by atoms with van der Waals surface area (Å²) >= 11 is 0. The van der Waals surface area contributed by atoms with Crippen LogP contribution in [0.5, 0.6) is 0 Å². The van der Waals surface area contributed by atoms with E-state index >= 15 is 0 Å². The van der Waals surface area contributed by atoms with Crippen molar-refractivity contribution in [2.45, 2.75) is 6.92 Å². The second-order valence-corrected chi connectivity index (χ2v) is 5.19. The molecule has 0 atom stereocenters. The van der Waals surface area contributed by atoms with Gasteiger partial charge < -0.3 is 15.2 Å². The summed E-state index contributed by atoms with van der Waals surface area (Å²) < 4.78 is 4.92. The molecule has 0 aliphatic rings. The van der Waals surface area contributed by atoms with Crippen LogP contribution in [0.4, 0.5) is 11.4 Å². The molecule has 24 heavy (non-hydrogen) atoms. The highest BCUT2D eigenvalue weighted by atomic mass is 16.5. The van der Waals surface area contributed by atoms with Crippen LogP contribution in [-0.2, 0) is 0 Å². The van der Waals surface area contributed by atoms with Gasteiger partial charge in [-0.3, -0.25) is 9.59 Å². The van der Waals surface area contributed by atoms with Gasteiger partial charge >= 0.3 is 0 Å². The third-order valence-corrected chi connectivity index (χ3v) is 3.27. The average Bonchev–Trinajstić information content (AvgIpc) is 3.02. The van der Waals surface area contributed by atoms with E-state index in [4.69, 9.17) is 4.52 Å². The van der Waals surface area contributed by atoms with Crippen LogP contribution in [0.2, 0.25) is 0 Å². The topological polar surface area (TPSA) is 84.2 Å². The summed E-state index contributed by atoms with van der Waals surface area (Å²) in [4.78, 5) is 24.2. The van der Waals surface area contributed by atoms with E-state index in [1.165, 1.54) is 0 Å². The third kappa shape index (κ3) is 3.67. The van der Waals surface area contributed by atoms with Crippen molar-refractivity contribution in [3.8, 4) is 0 Å². The zero-order valence-electron chi connectivity index (χ0n) is 12.9. The SMILES string of the molecule is Cc1cc(C(=O)Nc2cccc(NC(=O)c3ccccc3)c2)on1. The summed E-state index contributed by atoms with van der Waals surface area (Å²) in [7, 11) is 0. The number of hydrogen-bond acceptors (Lipinski definition) is 4. The van der Waals surface area contributed by atoms with Gasteiger partial charge in [-0.15, -0.1) is 0 Å². The Labute approximate surface area is 138 Å². The molecule has 0 saturated carbocycles. The zero-order valence-corrected chi connectivity index (χ0v) is 12.9. The fraction of sp³-hybridized carbons (Fsp3) is 0.0556. The van der Waals surface area contributed by atoms with E-state index in [9.17, 15) is 9.59 Å². The second-order valence-electron chi connectivity index (χ2n) is 5.19. The number of benzene rings is 2. The van der Waals surface area contributed by atoms with E-state index in [0.717, 1.165) is 0 Å². The summed E-state index contributed by atoms with van der Waals surface area (Å²) in [6.45, 7) is 1.74. The molecule has 2 aromatic carbocycles. The van der Waals surface area contributed by atoms with Crippen LogP contribution in [0.3, 0.4) is 0 Å². The van der Waals surface area contributed by atoms with Gasteiger partial charge in [0.05, 0.1) is 5.69 Å². The number of carbonyl (C=O) groups excluding carboxylic acids is 2.